The highest BCUT2D eigenvalue weighted by Crippen LogP contribution is 2.29. The van der Waals surface area contributed by atoms with Gasteiger partial charge in [0.25, 0.3) is 5.91 Å². The summed E-state index contributed by atoms with van der Waals surface area (Å²) in [5.41, 5.74) is 0.189. The average molecular weight is 409 g/mol. The Morgan fingerprint density at radius 1 is 1.21 bits per heavy atom. The molecule has 1 aliphatic carbocycles. The quantitative estimate of drug-likeness (QED) is 0.712. The van der Waals surface area contributed by atoms with E-state index < -0.39 is 17.5 Å². The number of nitrogens with one attached hydrogen (secondary N) is 2. The molecule has 1 fully saturated rings. The van der Waals surface area contributed by atoms with Gasteiger partial charge in [-0.3, -0.25) is 9.59 Å². The maximum absolute atomic E-state index is 12.5. The van der Waals surface area contributed by atoms with E-state index in [-0.39, 0.29) is 17.9 Å². The summed E-state index contributed by atoms with van der Waals surface area (Å²) in [5, 5.41) is 6.44. The van der Waals surface area contributed by atoms with Crippen LogP contribution in [0.5, 0.6) is 0 Å². The number of hydrogen-bond donors (Lipinski definition) is 2. The van der Waals surface area contributed by atoms with Crippen molar-refractivity contribution in [3.05, 3.63) is 16.5 Å². The standard InChI is InChI=1S/C21H32N2O4S/c1-12-9-7-8-10-15(12)22-18(24)14(3)27-19(25)17-13(2)11-16(28-17)23-20(26)21(4,5)6/h11-12,14-15H,7-10H2,1-6H3,(H,22,24)(H,23,26)/t12-,14+,15+/m0/s1. The number of carbonyl (C=O) groups is 3. The van der Waals surface area contributed by atoms with Gasteiger partial charge in [-0.15, -0.1) is 11.3 Å². The molecule has 1 aliphatic rings. The van der Waals surface area contributed by atoms with E-state index in [1.54, 1.807) is 19.9 Å². The number of anilines is 1. The monoisotopic (exact) mass is 408 g/mol. The summed E-state index contributed by atoms with van der Waals surface area (Å²) in [6.07, 6.45) is 3.52. The van der Waals surface area contributed by atoms with E-state index in [0.717, 1.165) is 30.6 Å². The van der Waals surface area contributed by atoms with Crippen molar-refractivity contribution >= 4 is 34.1 Å². The highest BCUT2D eigenvalue weighted by Gasteiger charge is 2.28. The zero-order valence-corrected chi connectivity index (χ0v) is 18.5. The molecule has 1 saturated carbocycles. The van der Waals surface area contributed by atoms with Gasteiger partial charge >= 0.3 is 5.97 Å². The number of esters is 1. The van der Waals surface area contributed by atoms with Crippen molar-refractivity contribution in [2.24, 2.45) is 11.3 Å². The Kier molecular flexibility index (Phi) is 7.26. The lowest BCUT2D eigenvalue weighted by Gasteiger charge is -2.30. The number of amides is 2. The summed E-state index contributed by atoms with van der Waals surface area (Å²) in [4.78, 5) is 37.5. The van der Waals surface area contributed by atoms with Crippen LogP contribution in [0.2, 0.25) is 0 Å². The molecule has 7 heteroatoms. The first kappa shape index (κ1) is 22.4. The average Bonchev–Trinajstić information content (AvgIpc) is 2.96. The smallest absolute Gasteiger partial charge is 0.349 e. The van der Waals surface area contributed by atoms with Crippen molar-refractivity contribution in [1.29, 1.82) is 0 Å². The zero-order chi connectivity index (χ0) is 21.1. The van der Waals surface area contributed by atoms with Crippen molar-refractivity contribution in [2.75, 3.05) is 5.32 Å². The first-order chi connectivity index (χ1) is 13.0. The van der Waals surface area contributed by atoms with Crippen LogP contribution < -0.4 is 10.6 Å². The van der Waals surface area contributed by atoms with E-state index in [2.05, 4.69) is 17.6 Å². The first-order valence-electron chi connectivity index (χ1n) is 9.92. The van der Waals surface area contributed by atoms with Crippen LogP contribution in [0.4, 0.5) is 5.00 Å². The highest BCUT2D eigenvalue weighted by atomic mass is 32.1. The minimum absolute atomic E-state index is 0.122. The molecule has 0 unspecified atom stereocenters. The summed E-state index contributed by atoms with van der Waals surface area (Å²) in [6, 6.07) is 1.89. The van der Waals surface area contributed by atoms with Crippen LogP contribution in [0.1, 0.15) is 75.5 Å². The molecule has 1 aromatic heterocycles. The summed E-state index contributed by atoms with van der Waals surface area (Å²) < 4.78 is 5.39. The molecule has 3 atom stereocenters. The lowest BCUT2D eigenvalue weighted by Crippen LogP contribution is -2.45. The number of carbonyl (C=O) groups excluding carboxylic acids is 3. The lowest BCUT2D eigenvalue weighted by molar-refractivity contribution is -0.130. The molecule has 1 heterocycles. The van der Waals surface area contributed by atoms with Crippen LogP contribution in [0.3, 0.4) is 0 Å². The first-order valence-corrected chi connectivity index (χ1v) is 10.7. The molecule has 0 bridgehead atoms. The van der Waals surface area contributed by atoms with Crippen LogP contribution in [0.15, 0.2) is 6.07 Å². The molecule has 2 N–H and O–H groups in total. The van der Waals surface area contributed by atoms with E-state index in [1.807, 2.05) is 20.8 Å². The fraction of sp³-hybridized carbons (Fsp3) is 0.667. The molecule has 28 heavy (non-hydrogen) atoms. The normalized spacial score (nSPS) is 20.9. The molecule has 2 rings (SSSR count). The van der Waals surface area contributed by atoms with Crippen LogP contribution in [-0.2, 0) is 14.3 Å². The molecule has 0 spiro atoms. The van der Waals surface area contributed by atoms with E-state index in [9.17, 15) is 14.4 Å². The fourth-order valence-electron chi connectivity index (χ4n) is 3.14. The molecule has 1 aromatic rings. The summed E-state index contributed by atoms with van der Waals surface area (Å²) in [5.74, 6) is -0.488. The molecule has 0 aliphatic heterocycles. The second kappa shape index (κ2) is 9.07. The largest absolute Gasteiger partial charge is 0.448 e. The second-order valence-corrected chi connectivity index (χ2v) is 9.80. The van der Waals surface area contributed by atoms with Crippen LogP contribution in [-0.4, -0.2) is 29.9 Å². The van der Waals surface area contributed by atoms with Gasteiger partial charge in [-0.25, -0.2) is 4.79 Å². The van der Waals surface area contributed by atoms with Crippen molar-refractivity contribution in [3.63, 3.8) is 0 Å². The number of ether oxygens (including phenoxy) is 1. The SMILES string of the molecule is Cc1cc(NC(=O)C(C)(C)C)sc1C(=O)O[C@H](C)C(=O)N[C@@H]1CCCC[C@@H]1C. The van der Waals surface area contributed by atoms with Crippen molar-refractivity contribution in [2.45, 2.75) is 79.4 Å². The number of rotatable bonds is 5. The molecular weight excluding hydrogens is 376 g/mol. The van der Waals surface area contributed by atoms with Gasteiger partial charge in [0.15, 0.2) is 6.10 Å². The van der Waals surface area contributed by atoms with E-state index in [1.165, 1.54) is 6.42 Å². The number of hydrogen-bond acceptors (Lipinski definition) is 5. The predicted molar refractivity (Wildman–Crippen MR) is 112 cm³/mol. The Morgan fingerprint density at radius 3 is 2.46 bits per heavy atom. The number of aryl methyl sites for hydroxylation is 1. The zero-order valence-electron chi connectivity index (χ0n) is 17.7. The predicted octanol–water partition coefficient (Wildman–Crippen LogP) is 4.28. The Bertz CT molecular complexity index is 735. The molecule has 6 nitrogen and oxygen atoms in total. The number of thiophene rings is 1. The van der Waals surface area contributed by atoms with Gasteiger partial charge in [-0.05, 0) is 44.2 Å². The molecule has 156 valence electrons. The maximum atomic E-state index is 12.5. The third-order valence-electron chi connectivity index (χ3n) is 5.11. The van der Waals surface area contributed by atoms with Crippen molar-refractivity contribution < 1.29 is 19.1 Å². The minimum Gasteiger partial charge on any atom is -0.448 e. The third kappa shape index (κ3) is 5.80. The van der Waals surface area contributed by atoms with Gasteiger partial charge in [-0.1, -0.05) is 40.5 Å². The van der Waals surface area contributed by atoms with Gasteiger partial charge in [0.05, 0.1) is 5.00 Å². The van der Waals surface area contributed by atoms with E-state index in [4.69, 9.17) is 4.74 Å². The molecule has 0 aromatic carbocycles. The van der Waals surface area contributed by atoms with Gasteiger partial charge in [0.2, 0.25) is 5.91 Å². The molecule has 2 amide bonds. The van der Waals surface area contributed by atoms with Gasteiger partial charge in [0.1, 0.15) is 4.88 Å². The summed E-state index contributed by atoms with van der Waals surface area (Å²) >= 11 is 1.16. The highest BCUT2D eigenvalue weighted by molar-refractivity contribution is 7.18. The van der Waals surface area contributed by atoms with Crippen molar-refractivity contribution in [1.82, 2.24) is 5.32 Å². The third-order valence-corrected chi connectivity index (χ3v) is 6.25. The van der Waals surface area contributed by atoms with Crippen LogP contribution >= 0.6 is 11.3 Å². The van der Waals surface area contributed by atoms with E-state index in [0.29, 0.717) is 21.4 Å². The topological polar surface area (TPSA) is 84.5 Å². The van der Waals surface area contributed by atoms with Gasteiger partial charge in [0, 0.05) is 11.5 Å². The van der Waals surface area contributed by atoms with Crippen LogP contribution in [0, 0.1) is 18.3 Å². The Balaban J connectivity index is 1.96. The van der Waals surface area contributed by atoms with Crippen molar-refractivity contribution in [3.8, 4) is 0 Å². The fourth-order valence-corrected chi connectivity index (χ4v) is 4.09. The Morgan fingerprint density at radius 2 is 1.86 bits per heavy atom. The lowest BCUT2D eigenvalue weighted by atomic mass is 9.86. The van der Waals surface area contributed by atoms with Gasteiger partial charge in [-0.2, -0.15) is 0 Å². The molecule has 0 saturated heterocycles. The molecular formula is C21H32N2O4S. The Labute approximate surface area is 171 Å². The molecule has 0 radical (unpaired) electrons. The minimum atomic E-state index is -0.865. The summed E-state index contributed by atoms with van der Waals surface area (Å²) in [6.45, 7) is 11.0. The van der Waals surface area contributed by atoms with E-state index >= 15 is 0 Å². The van der Waals surface area contributed by atoms with Crippen LogP contribution in [0.25, 0.3) is 0 Å². The Hall–Kier alpha value is -1.89. The second-order valence-electron chi connectivity index (χ2n) is 8.75. The maximum Gasteiger partial charge on any atom is 0.349 e. The van der Waals surface area contributed by atoms with Gasteiger partial charge < -0.3 is 15.4 Å². The summed E-state index contributed by atoms with van der Waals surface area (Å²) in [7, 11) is 0.